The molecule has 1 fully saturated rings. The third-order valence-electron chi connectivity index (χ3n) is 6.00. The third kappa shape index (κ3) is 3.87. The van der Waals surface area contributed by atoms with E-state index in [0.29, 0.717) is 17.9 Å². The minimum absolute atomic E-state index is 0.277. The summed E-state index contributed by atoms with van der Waals surface area (Å²) < 4.78 is 0. The molecule has 144 valence electrons. The van der Waals surface area contributed by atoms with Crippen molar-refractivity contribution in [1.29, 1.82) is 5.26 Å². The molecule has 5 heteroatoms. The Kier molecular flexibility index (Phi) is 5.29. The van der Waals surface area contributed by atoms with Gasteiger partial charge in [0.25, 0.3) is 0 Å². The Hall–Kier alpha value is -2.87. The van der Waals surface area contributed by atoms with E-state index in [-0.39, 0.29) is 5.91 Å². The molecule has 1 aromatic heterocycles. The van der Waals surface area contributed by atoms with Crippen LogP contribution in [0.4, 0.5) is 5.82 Å². The Morgan fingerprint density at radius 1 is 1.14 bits per heavy atom. The molecule has 0 spiro atoms. The van der Waals surface area contributed by atoms with Gasteiger partial charge in [-0.3, -0.25) is 4.79 Å². The zero-order valence-corrected chi connectivity index (χ0v) is 16.4. The normalized spacial score (nSPS) is 17.1. The summed E-state index contributed by atoms with van der Waals surface area (Å²) in [5, 5.41) is 9.36. The van der Waals surface area contributed by atoms with E-state index in [1.165, 1.54) is 11.1 Å². The number of hydrogen-bond acceptors (Lipinski definition) is 4. The van der Waals surface area contributed by atoms with Gasteiger partial charge in [0.05, 0.1) is 5.56 Å². The molecule has 28 heavy (non-hydrogen) atoms. The first-order chi connectivity index (χ1) is 13.6. The van der Waals surface area contributed by atoms with Gasteiger partial charge in [-0.2, -0.15) is 5.26 Å². The quantitative estimate of drug-likeness (QED) is 0.826. The Bertz CT molecular complexity index is 909. The summed E-state index contributed by atoms with van der Waals surface area (Å²) >= 11 is 0. The number of carbonyl (C=O) groups is 1. The average Bonchev–Trinajstić information content (AvgIpc) is 2.74. The molecule has 1 aromatic carbocycles. The van der Waals surface area contributed by atoms with Gasteiger partial charge in [0.15, 0.2) is 0 Å². The van der Waals surface area contributed by atoms with Crippen LogP contribution in [0.2, 0.25) is 0 Å². The minimum atomic E-state index is 0.277. The van der Waals surface area contributed by atoms with E-state index in [1.807, 2.05) is 24.0 Å². The van der Waals surface area contributed by atoms with Crippen molar-refractivity contribution in [3.8, 4) is 6.07 Å². The van der Waals surface area contributed by atoms with Gasteiger partial charge in [-0.1, -0.05) is 24.3 Å². The minimum Gasteiger partial charge on any atom is -0.355 e. The van der Waals surface area contributed by atoms with Crippen LogP contribution >= 0.6 is 0 Å². The SMILES string of the molecule is Cc1ccc(C#N)c(N2CCC(CC(=O)N3CCc4ccccc4C3)CC2)n1. The molecule has 1 amide bonds. The number of fused-ring (bicyclic) bond motifs is 1. The number of carbonyl (C=O) groups excluding carboxylic acids is 1. The van der Waals surface area contributed by atoms with Crippen molar-refractivity contribution in [1.82, 2.24) is 9.88 Å². The lowest BCUT2D eigenvalue weighted by Gasteiger charge is -2.35. The highest BCUT2D eigenvalue weighted by molar-refractivity contribution is 5.77. The Balaban J connectivity index is 1.33. The highest BCUT2D eigenvalue weighted by Gasteiger charge is 2.27. The Morgan fingerprint density at radius 2 is 1.89 bits per heavy atom. The number of anilines is 1. The van der Waals surface area contributed by atoms with E-state index >= 15 is 0 Å². The van der Waals surface area contributed by atoms with Crippen molar-refractivity contribution in [2.75, 3.05) is 24.5 Å². The maximum Gasteiger partial charge on any atom is 0.223 e. The second-order valence-electron chi connectivity index (χ2n) is 7.90. The van der Waals surface area contributed by atoms with Gasteiger partial charge in [-0.05, 0) is 55.4 Å². The first kappa shape index (κ1) is 18.5. The summed E-state index contributed by atoms with van der Waals surface area (Å²) in [6.45, 7) is 5.23. The molecule has 0 N–H and O–H groups in total. The van der Waals surface area contributed by atoms with Crippen LogP contribution in [0.5, 0.6) is 0 Å². The zero-order valence-electron chi connectivity index (χ0n) is 16.4. The van der Waals surface area contributed by atoms with Crippen molar-refractivity contribution >= 4 is 11.7 Å². The van der Waals surface area contributed by atoms with Crippen LogP contribution < -0.4 is 4.90 Å². The van der Waals surface area contributed by atoms with Gasteiger partial charge >= 0.3 is 0 Å². The van der Waals surface area contributed by atoms with E-state index in [1.54, 1.807) is 0 Å². The summed E-state index contributed by atoms with van der Waals surface area (Å²) in [5.74, 6) is 1.48. The molecule has 0 aliphatic carbocycles. The lowest BCUT2D eigenvalue weighted by Crippen LogP contribution is -2.39. The number of aromatic nitrogens is 1. The van der Waals surface area contributed by atoms with Crippen LogP contribution in [0.3, 0.4) is 0 Å². The van der Waals surface area contributed by atoms with Gasteiger partial charge < -0.3 is 9.80 Å². The van der Waals surface area contributed by atoms with E-state index in [2.05, 4.69) is 40.2 Å². The number of aryl methyl sites for hydroxylation is 1. The van der Waals surface area contributed by atoms with Crippen molar-refractivity contribution in [3.05, 3.63) is 58.8 Å². The summed E-state index contributed by atoms with van der Waals surface area (Å²) in [7, 11) is 0. The van der Waals surface area contributed by atoms with Crippen LogP contribution in [0.15, 0.2) is 36.4 Å². The predicted octanol–water partition coefficient (Wildman–Crippen LogP) is 3.45. The lowest BCUT2D eigenvalue weighted by molar-refractivity contribution is -0.133. The van der Waals surface area contributed by atoms with Gasteiger partial charge in [0, 0.05) is 38.3 Å². The smallest absolute Gasteiger partial charge is 0.223 e. The molecule has 1 saturated heterocycles. The van der Waals surface area contributed by atoms with Crippen molar-refractivity contribution in [3.63, 3.8) is 0 Å². The number of piperidine rings is 1. The number of nitrogens with zero attached hydrogens (tertiary/aromatic N) is 4. The molecule has 5 nitrogen and oxygen atoms in total. The van der Waals surface area contributed by atoms with Crippen LogP contribution in [0.25, 0.3) is 0 Å². The highest BCUT2D eigenvalue weighted by atomic mass is 16.2. The fourth-order valence-corrected chi connectivity index (χ4v) is 4.30. The molecule has 2 aliphatic rings. The van der Waals surface area contributed by atoms with Gasteiger partial charge in [-0.15, -0.1) is 0 Å². The van der Waals surface area contributed by atoms with Crippen molar-refractivity contribution in [2.45, 2.75) is 39.2 Å². The fourth-order valence-electron chi connectivity index (χ4n) is 4.30. The standard InChI is InChI=1S/C23H26N4O/c1-17-6-7-20(15-24)23(25-17)26-11-8-18(9-12-26)14-22(28)27-13-10-19-4-2-3-5-21(19)16-27/h2-7,18H,8-14,16H2,1H3. The zero-order chi connectivity index (χ0) is 19.5. The third-order valence-corrected chi connectivity index (χ3v) is 6.00. The molecule has 3 heterocycles. The maximum atomic E-state index is 12.8. The highest BCUT2D eigenvalue weighted by Crippen LogP contribution is 2.28. The summed E-state index contributed by atoms with van der Waals surface area (Å²) in [5.41, 5.74) is 4.22. The van der Waals surface area contributed by atoms with E-state index < -0.39 is 0 Å². The predicted molar refractivity (Wildman–Crippen MR) is 109 cm³/mol. The number of nitriles is 1. The molecule has 0 atom stereocenters. The second-order valence-corrected chi connectivity index (χ2v) is 7.90. The fraction of sp³-hybridized carbons (Fsp3) is 0.435. The number of benzene rings is 1. The molecule has 0 unspecified atom stereocenters. The van der Waals surface area contributed by atoms with Crippen LogP contribution in [-0.2, 0) is 17.8 Å². The lowest BCUT2D eigenvalue weighted by atomic mass is 9.92. The Morgan fingerprint density at radius 3 is 2.64 bits per heavy atom. The molecule has 0 radical (unpaired) electrons. The van der Waals surface area contributed by atoms with E-state index in [0.717, 1.165) is 57.0 Å². The van der Waals surface area contributed by atoms with E-state index in [4.69, 9.17) is 0 Å². The van der Waals surface area contributed by atoms with Gasteiger partial charge in [0.1, 0.15) is 11.9 Å². The summed E-state index contributed by atoms with van der Waals surface area (Å²) in [4.78, 5) is 21.6. The van der Waals surface area contributed by atoms with Crippen molar-refractivity contribution < 1.29 is 4.79 Å². The number of hydrogen-bond donors (Lipinski definition) is 0. The first-order valence-electron chi connectivity index (χ1n) is 10.1. The molecule has 4 rings (SSSR count). The molecule has 2 aromatic rings. The van der Waals surface area contributed by atoms with Crippen LogP contribution in [-0.4, -0.2) is 35.4 Å². The topological polar surface area (TPSA) is 60.2 Å². The van der Waals surface area contributed by atoms with Crippen LogP contribution in [0.1, 0.15) is 41.6 Å². The summed E-state index contributed by atoms with van der Waals surface area (Å²) in [6, 6.07) is 14.4. The van der Waals surface area contributed by atoms with Crippen LogP contribution in [0, 0.1) is 24.2 Å². The molecule has 0 bridgehead atoms. The van der Waals surface area contributed by atoms with Gasteiger partial charge in [0.2, 0.25) is 5.91 Å². The molecule has 0 saturated carbocycles. The average molecular weight is 374 g/mol. The molecular formula is C23H26N4O. The largest absolute Gasteiger partial charge is 0.355 e. The second kappa shape index (κ2) is 8.02. The molecule has 2 aliphatic heterocycles. The Labute approximate surface area is 166 Å². The number of amides is 1. The van der Waals surface area contributed by atoms with Gasteiger partial charge in [-0.25, -0.2) is 4.98 Å². The number of rotatable bonds is 3. The molecular weight excluding hydrogens is 348 g/mol. The monoisotopic (exact) mass is 374 g/mol. The van der Waals surface area contributed by atoms with Crippen molar-refractivity contribution in [2.24, 2.45) is 5.92 Å². The maximum absolute atomic E-state index is 12.8. The number of pyridine rings is 1. The summed E-state index contributed by atoms with van der Waals surface area (Å²) in [6.07, 6.45) is 3.52. The first-order valence-corrected chi connectivity index (χ1v) is 10.1. The van der Waals surface area contributed by atoms with E-state index in [9.17, 15) is 10.1 Å².